The van der Waals surface area contributed by atoms with E-state index in [1.165, 1.54) is 0 Å². The van der Waals surface area contributed by atoms with Crippen LogP contribution in [0.15, 0.2) is 12.7 Å². The van der Waals surface area contributed by atoms with Gasteiger partial charge in [0.15, 0.2) is 0 Å². The molecule has 0 saturated carbocycles. The highest BCUT2D eigenvalue weighted by molar-refractivity contribution is 5.98. The Labute approximate surface area is 203 Å². The van der Waals surface area contributed by atoms with Crippen LogP contribution in [0.4, 0.5) is 0 Å². The van der Waals surface area contributed by atoms with Crippen molar-refractivity contribution < 1.29 is 29.0 Å². The van der Waals surface area contributed by atoms with Gasteiger partial charge in [0.1, 0.15) is 17.6 Å². The monoisotopic (exact) mass is 478 g/mol. The molecule has 34 heavy (non-hydrogen) atoms. The van der Waals surface area contributed by atoms with E-state index in [0.717, 1.165) is 12.8 Å². The Balaban J connectivity index is 2.07. The molecule has 8 nitrogen and oxygen atoms in total. The molecular weight excluding hydrogens is 436 g/mol. The van der Waals surface area contributed by atoms with Crippen molar-refractivity contribution in [3.05, 3.63) is 12.7 Å². The van der Waals surface area contributed by atoms with Gasteiger partial charge >= 0.3 is 5.97 Å². The van der Waals surface area contributed by atoms with Gasteiger partial charge in [-0.25, -0.2) is 0 Å². The Bertz CT molecular complexity index is 787. The molecule has 0 aliphatic carbocycles. The number of nitrogens with zero attached hydrogens (tertiary/aromatic N) is 2. The topological polar surface area (TPSA) is 96.4 Å². The fourth-order valence-corrected chi connectivity index (χ4v) is 6.58. The summed E-state index contributed by atoms with van der Waals surface area (Å²) in [6.45, 7) is 12.7. The smallest absolute Gasteiger partial charge is 0.312 e. The predicted octanol–water partition coefficient (Wildman–Crippen LogP) is 2.68. The molecule has 3 aliphatic heterocycles. The number of rotatable bonds is 13. The first-order chi connectivity index (χ1) is 16.3. The molecule has 3 fully saturated rings. The summed E-state index contributed by atoms with van der Waals surface area (Å²) in [4.78, 5) is 44.7. The molecule has 3 rings (SSSR count). The molecular formula is C26H42N2O6. The Kier molecular flexibility index (Phi) is 8.45. The second kappa shape index (κ2) is 10.8. The second-order valence-electron chi connectivity index (χ2n) is 9.96. The van der Waals surface area contributed by atoms with Crippen molar-refractivity contribution in [3.63, 3.8) is 0 Å². The van der Waals surface area contributed by atoms with E-state index in [2.05, 4.69) is 13.5 Å². The van der Waals surface area contributed by atoms with E-state index in [0.29, 0.717) is 45.2 Å². The average molecular weight is 479 g/mol. The Hall–Kier alpha value is -1.93. The van der Waals surface area contributed by atoms with Crippen LogP contribution in [0.1, 0.15) is 72.6 Å². The number of amides is 2. The standard InChI is InChI=1S/C26H42N2O6/c1-6-12-18(5)27(15-7-2)23(31)21-26-14-13-25(8-3,34-26)20(24(32)33-9-4)19(26)22(30)28(21)16-10-11-17-29/h7,18-21,29H,2,6,8-17H2,1,3-5H3/t18?,19-,20+,21?,25-,26?/m0/s1. The van der Waals surface area contributed by atoms with Gasteiger partial charge in [-0.15, -0.1) is 6.58 Å². The zero-order valence-electron chi connectivity index (χ0n) is 21.3. The Morgan fingerprint density at radius 3 is 2.65 bits per heavy atom. The minimum absolute atomic E-state index is 0.0139. The van der Waals surface area contributed by atoms with E-state index >= 15 is 0 Å². The number of carbonyl (C=O) groups is 3. The lowest BCUT2D eigenvalue weighted by molar-refractivity contribution is -0.162. The average Bonchev–Trinajstić information content (AvgIpc) is 3.41. The highest BCUT2D eigenvalue weighted by atomic mass is 16.6. The zero-order valence-corrected chi connectivity index (χ0v) is 21.3. The van der Waals surface area contributed by atoms with Crippen molar-refractivity contribution in [2.24, 2.45) is 11.8 Å². The number of aliphatic hydroxyl groups excluding tert-OH is 1. The number of ether oxygens (including phenoxy) is 2. The number of hydrogen-bond donors (Lipinski definition) is 1. The van der Waals surface area contributed by atoms with Gasteiger partial charge in [0.05, 0.1) is 18.1 Å². The quantitative estimate of drug-likeness (QED) is 0.248. The Morgan fingerprint density at radius 1 is 1.32 bits per heavy atom. The van der Waals surface area contributed by atoms with Crippen molar-refractivity contribution >= 4 is 17.8 Å². The van der Waals surface area contributed by atoms with Gasteiger partial charge in [-0.1, -0.05) is 26.3 Å². The van der Waals surface area contributed by atoms with Crippen LogP contribution in [0.2, 0.25) is 0 Å². The SMILES string of the molecule is C=CCN(C(=O)C1N(CCCCO)C(=O)[C@@H]2[C@H](C(=O)OCC)[C@]3(CC)CCC12O3)C(C)CCC. The molecule has 6 atom stereocenters. The van der Waals surface area contributed by atoms with Gasteiger partial charge in [-0.3, -0.25) is 14.4 Å². The van der Waals surface area contributed by atoms with Crippen molar-refractivity contribution in [3.8, 4) is 0 Å². The molecule has 0 radical (unpaired) electrons. The lowest BCUT2D eigenvalue weighted by Crippen LogP contribution is -2.58. The third kappa shape index (κ3) is 4.17. The summed E-state index contributed by atoms with van der Waals surface area (Å²) in [6, 6.07) is -0.810. The van der Waals surface area contributed by atoms with Crippen LogP contribution < -0.4 is 0 Å². The highest BCUT2D eigenvalue weighted by Gasteiger charge is 2.79. The van der Waals surface area contributed by atoms with E-state index in [-0.39, 0.29) is 31.1 Å². The van der Waals surface area contributed by atoms with Gasteiger partial charge in [0, 0.05) is 25.7 Å². The predicted molar refractivity (Wildman–Crippen MR) is 128 cm³/mol. The normalized spacial score (nSPS) is 32.6. The van der Waals surface area contributed by atoms with Crippen LogP contribution in [-0.4, -0.2) is 82.3 Å². The minimum atomic E-state index is -1.04. The molecule has 8 heteroatoms. The summed E-state index contributed by atoms with van der Waals surface area (Å²) in [5.74, 6) is -2.19. The molecule has 3 unspecified atom stereocenters. The number of esters is 1. The van der Waals surface area contributed by atoms with E-state index in [1.807, 2.05) is 13.8 Å². The van der Waals surface area contributed by atoms with Gasteiger partial charge in [-0.05, 0) is 52.4 Å². The summed E-state index contributed by atoms with van der Waals surface area (Å²) in [7, 11) is 0. The first-order valence-corrected chi connectivity index (χ1v) is 13.0. The maximum atomic E-state index is 14.2. The van der Waals surface area contributed by atoms with Gasteiger partial charge in [-0.2, -0.15) is 0 Å². The summed E-state index contributed by atoms with van der Waals surface area (Å²) >= 11 is 0. The number of hydrogen-bond acceptors (Lipinski definition) is 6. The maximum Gasteiger partial charge on any atom is 0.312 e. The number of likely N-dealkylation sites (tertiary alicyclic amines) is 1. The van der Waals surface area contributed by atoms with Crippen molar-refractivity contribution in [2.45, 2.75) is 95.9 Å². The fourth-order valence-electron chi connectivity index (χ4n) is 6.58. The first kappa shape index (κ1) is 26.7. The van der Waals surface area contributed by atoms with Gasteiger partial charge < -0.3 is 24.4 Å². The highest BCUT2D eigenvalue weighted by Crippen LogP contribution is 2.64. The Morgan fingerprint density at radius 2 is 2.06 bits per heavy atom. The van der Waals surface area contributed by atoms with Gasteiger partial charge in [0.25, 0.3) is 0 Å². The van der Waals surface area contributed by atoms with Crippen molar-refractivity contribution in [2.75, 3.05) is 26.3 Å². The van der Waals surface area contributed by atoms with Crippen LogP contribution in [0, 0.1) is 11.8 Å². The minimum Gasteiger partial charge on any atom is -0.466 e. The molecule has 3 heterocycles. The van der Waals surface area contributed by atoms with E-state index in [9.17, 15) is 19.5 Å². The lowest BCUT2D eigenvalue weighted by Gasteiger charge is -2.39. The van der Waals surface area contributed by atoms with Crippen LogP contribution in [-0.2, 0) is 23.9 Å². The summed E-state index contributed by atoms with van der Waals surface area (Å²) < 4.78 is 12.1. The van der Waals surface area contributed by atoms with Crippen molar-refractivity contribution in [1.82, 2.24) is 9.80 Å². The molecule has 0 aromatic carbocycles. The summed E-state index contributed by atoms with van der Waals surface area (Å²) in [5.41, 5.74) is -1.81. The summed E-state index contributed by atoms with van der Waals surface area (Å²) in [6.07, 6.45) is 6.35. The third-order valence-corrected chi connectivity index (χ3v) is 8.11. The molecule has 192 valence electrons. The lowest BCUT2D eigenvalue weighted by atomic mass is 9.65. The largest absolute Gasteiger partial charge is 0.466 e. The number of fused-ring (bicyclic) bond motifs is 1. The fraction of sp³-hybridized carbons (Fsp3) is 0.808. The van der Waals surface area contributed by atoms with Crippen LogP contribution in [0.3, 0.4) is 0 Å². The maximum absolute atomic E-state index is 14.2. The molecule has 0 aromatic rings. The van der Waals surface area contributed by atoms with Crippen LogP contribution in [0.25, 0.3) is 0 Å². The molecule has 3 saturated heterocycles. The van der Waals surface area contributed by atoms with E-state index in [1.54, 1.807) is 22.8 Å². The van der Waals surface area contributed by atoms with Crippen molar-refractivity contribution in [1.29, 1.82) is 0 Å². The molecule has 1 spiro atoms. The molecule has 2 amide bonds. The molecule has 1 N–H and O–H groups in total. The third-order valence-electron chi connectivity index (χ3n) is 8.11. The molecule has 0 aromatic heterocycles. The molecule has 2 bridgehead atoms. The number of aliphatic hydroxyl groups is 1. The zero-order chi connectivity index (χ0) is 25.1. The first-order valence-electron chi connectivity index (χ1n) is 13.0. The van der Waals surface area contributed by atoms with E-state index < -0.39 is 35.0 Å². The summed E-state index contributed by atoms with van der Waals surface area (Å²) in [5, 5.41) is 9.30. The van der Waals surface area contributed by atoms with Crippen LogP contribution in [0.5, 0.6) is 0 Å². The second-order valence-corrected chi connectivity index (χ2v) is 9.96. The van der Waals surface area contributed by atoms with Gasteiger partial charge in [0.2, 0.25) is 11.8 Å². The number of carbonyl (C=O) groups excluding carboxylic acids is 3. The molecule has 3 aliphatic rings. The number of unbranched alkanes of at least 4 members (excludes halogenated alkanes) is 1. The van der Waals surface area contributed by atoms with E-state index in [4.69, 9.17) is 9.47 Å². The van der Waals surface area contributed by atoms with Crippen LogP contribution >= 0.6 is 0 Å².